The second-order valence-electron chi connectivity index (χ2n) is 2.68. The van der Waals surface area contributed by atoms with Crippen LogP contribution in [-0.2, 0) is 0 Å². The molecule has 1 aromatic carbocycles. The lowest BCUT2D eigenvalue weighted by atomic mass is 10.1. The van der Waals surface area contributed by atoms with E-state index in [2.05, 4.69) is 20.9 Å². The van der Waals surface area contributed by atoms with Crippen LogP contribution in [0.4, 0.5) is 0 Å². The fourth-order valence-corrected chi connectivity index (χ4v) is 2.00. The van der Waals surface area contributed by atoms with Crippen molar-refractivity contribution in [2.75, 3.05) is 5.33 Å². The van der Waals surface area contributed by atoms with Gasteiger partial charge in [-0.1, -0.05) is 22.0 Å². The van der Waals surface area contributed by atoms with Gasteiger partial charge in [0.1, 0.15) is 5.52 Å². The molecule has 1 aromatic heterocycles. The van der Waals surface area contributed by atoms with Crippen molar-refractivity contribution in [2.45, 2.75) is 0 Å². The zero-order valence-corrected chi connectivity index (χ0v) is 10.7. The Bertz CT molecular complexity index is 495. The van der Waals surface area contributed by atoms with E-state index in [-0.39, 0.29) is 5.78 Å². The number of benzene rings is 1. The van der Waals surface area contributed by atoms with E-state index in [0.29, 0.717) is 25.9 Å². The number of ketones is 1. The number of nitrogens with zero attached hydrogens (tertiary/aromatic N) is 1. The zero-order chi connectivity index (χ0) is 10.1. The monoisotopic (exact) mass is 365 g/mol. The predicted molar refractivity (Wildman–Crippen MR) is 64.9 cm³/mol. The number of carbonyl (C=O) groups excluding carboxylic acids is 1. The van der Waals surface area contributed by atoms with Crippen LogP contribution in [0.2, 0.25) is 0 Å². The minimum atomic E-state index is 0.0142. The summed E-state index contributed by atoms with van der Waals surface area (Å²) in [5, 5.41) is 0.301. The zero-order valence-electron chi connectivity index (χ0n) is 6.96. The molecule has 1 heterocycles. The van der Waals surface area contributed by atoms with E-state index in [1.807, 2.05) is 22.6 Å². The van der Waals surface area contributed by atoms with Gasteiger partial charge in [-0.2, -0.15) is 0 Å². The molecule has 14 heavy (non-hydrogen) atoms. The van der Waals surface area contributed by atoms with Gasteiger partial charge < -0.3 is 4.42 Å². The van der Waals surface area contributed by atoms with Crippen molar-refractivity contribution in [3.8, 4) is 0 Å². The molecule has 0 fully saturated rings. The highest BCUT2D eigenvalue weighted by Gasteiger charge is 2.12. The predicted octanol–water partition coefficient (Wildman–Crippen LogP) is 3.01. The Morgan fingerprint density at radius 1 is 1.57 bits per heavy atom. The smallest absolute Gasteiger partial charge is 0.258 e. The molecule has 72 valence electrons. The number of rotatable bonds is 2. The third kappa shape index (κ3) is 1.70. The fourth-order valence-electron chi connectivity index (χ4n) is 1.22. The fraction of sp³-hybridized carbons (Fsp3) is 0.111. The van der Waals surface area contributed by atoms with Gasteiger partial charge in [-0.25, -0.2) is 4.98 Å². The van der Waals surface area contributed by atoms with E-state index in [4.69, 9.17) is 4.42 Å². The van der Waals surface area contributed by atoms with Crippen molar-refractivity contribution in [3.63, 3.8) is 0 Å². The largest absolute Gasteiger partial charge is 0.432 e. The van der Waals surface area contributed by atoms with Crippen LogP contribution in [0.3, 0.4) is 0 Å². The van der Waals surface area contributed by atoms with Crippen LogP contribution >= 0.6 is 38.5 Å². The first kappa shape index (κ1) is 10.1. The lowest BCUT2D eigenvalue weighted by Gasteiger charge is -1.95. The molecule has 0 unspecified atom stereocenters. The van der Waals surface area contributed by atoms with Gasteiger partial charge in [-0.3, -0.25) is 4.79 Å². The van der Waals surface area contributed by atoms with Crippen LogP contribution in [0.5, 0.6) is 0 Å². The summed E-state index contributed by atoms with van der Waals surface area (Å²) in [6.07, 6.45) is 0. The van der Waals surface area contributed by atoms with E-state index in [1.165, 1.54) is 0 Å². The van der Waals surface area contributed by atoms with Gasteiger partial charge in [0, 0.05) is 28.2 Å². The van der Waals surface area contributed by atoms with E-state index < -0.39 is 0 Å². The van der Waals surface area contributed by atoms with Crippen molar-refractivity contribution in [1.82, 2.24) is 4.98 Å². The van der Waals surface area contributed by atoms with E-state index >= 15 is 0 Å². The highest BCUT2D eigenvalue weighted by Crippen LogP contribution is 2.21. The van der Waals surface area contributed by atoms with Gasteiger partial charge >= 0.3 is 0 Å². The van der Waals surface area contributed by atoms with Gasteiger partial charge in [-0.15, -0.1) is 0 Å². The second-order valence-corrected chi connectivity index (χ2v) is 4.16. The molecule has 0 saturated carbocycles. The summed E-state index contributed by atoms with van der Waals surface area (Å²) >= 11 is 5.12. The number of para-hydroxylation sites is 1. The summed E-state index contributed by atoms with van der Waals surface area (Å²) in [5.41, 5.74) is 1.90. The van der Waals surface area contributed by atoms with Gasteiger partial charge in [0.2, 0.25) is 0 Å². The number of carbonyl (C=O) groups is 1. The molecule has 0 aliphatic rings. The normalized spacial score (nSPS) is 10.7. The van der Waals surface area contributed by atoms with Crippen molar-refractivity contribution in [2.24, 2.45) is 0 Å². The van der Waals surface area contributed by atoms with Crippen molar-refractivity contribution < 1.29 is 9.21 Å². The maximum atomic E-state index is 11.5. The van der Waals surface area contributed by atoms with Gasteiger partial charge in [0.05, 0.1) is 5.33 Å². The topological polar surface area (TPSA) is 43.1 Å². The molecule has 0 saturated heterocycles. The first-order valence-electron chi connectivity index (χ1n) is 3.86. The van der Waals surface area contributed by atoms with Crippen LogP contribution in [0.25, 0.3) is 11.1 Å². The molecule has 2 aromatic rings. The van der Waals surface area contributed by atoms with Gasteiger partial charge in [0.25, 0.3) is 3.90 Å². The Labute approximate surface area is 102 Å². The third-order valence-electron chi connectivity index (χ3n) is 1.81. The standard InChI is InChI=1S/C9H5BrINO2/c10-4-6(13)5-2-1-3-7-8(5)12-9(11)14-7/h1-3H,4H2. The Kier molecular flexibility index (Phi) is 2.87. The number of fused-ring (bicyclic) bond motifs is 1. The molecule has 2 rings (SSSR count). The number of aromatic nitrogens is 1. The number of alkyl halides is 1. The summed E-state index contributed by atoms with van der Waals surface area (Å²) < 4.78 is 5.86. The van der Waals surface area contributed by atoms with Crippen LogP contribution in [0, 0.1) is 3.90 Å². The van der Waals surface area contributed by atoms with Crippen LogP contribution in [-0.4, -0.2) is 16.1 Å². The third-order valence-corrected chi connectivity index (χ3v) is 2.79. The Hall–Kier alpha value is -0.430. The van der Waals surface area contributed by atoms with Crippen molar-refractivity contribution >= 4 is 55.4 Å². The number of Topliss-reactive ketones (excluding diaryl/α,β-unsaturated/α-hetero) is 1. The quantitative estimate of drug-likeness (QED) is 0.466. The first-order valence-corrected chi connectivity index (χ1v) is 6.06. The van der Waals surface area contributed by atoms with Crippen LogP contribution < -0.4 is 0 Å². The number of hydrogen-bond acceptors (Lipinski definition) is 3. The number of halogens is 2. The summed E-state index contributed by atoms with van der Waals surface area (Å²) in [7, 11) is 0. The molecule has 5 heteroatoms. The molecule has 0 radical (unpaired) electrons. The maximum Gasteiger partial charge on any atom is 0.258 e. The summed E-state index contributed by atoms with van der Waals surface area (Å²) in [4.78, 5) is 15.7. The Morgan fingerprint density at radius 3 is 3.07 bits per heavy atom. The minimum Gasteiger partial charge on any atom is -0.432 e. The van der Waals surface area contributed by atoms with Crippen LogP contribution in [0.15, 0.2) is 22.6 Å². The number of hydrogen-bond donors (Lipinski definition) is 0. The summed E-state index contributed by atoms with van der Waals surface area (Å²) in [6.45, 7) is 0. The SMILES string of the molecule is O=C(CBr)c1cccc2oc(I)nc12. The molecule has 0 atom stereocenters. The molecule has 3 nitrogen and oxygen atoms in total. The summed E-state index contributed by atoms with van der Waals surface area (Å²) in [6, 6.07) is 5.35. The Balaban J connectivity index is 2.70. The average molecular weight is 366 g/mol. The van der Waals surface area contributed by atoms with Crippen molar-refractivity contribution in [3.05, 3.63) is 27.7 Å². The average Bonchev–Trinajstić information content (AvgIpc) is 2.56. The van der Waals surface area contributed by atoms with Gasteiger partial charge in [-0.05, 0) is 12.1 Å². The van der Waals surface area contributed by atoms with E-state index in [1.54, 1.807) is 18.2 Å². The maximum absolute atomic E-state index is 11.5. The molecule has 0 aliphatic heterocycles. The van der Waals surface area contributed by atoms with E-state index in [9.17, 15) is 4.79 Å². The van der Waals surface area contributed by atoms with E-state index in [0.717, 1.165) is 0 Å². The minimum absolute atomic E-state index is 0.0142. The molecule has 0 spiro atoms. The molecular weight excluding hydrogens is 361 g/mol. The van der Waals surface area contributed by atoms with Crippen LogP contribution in [0.1, 0.15) is 10.4 Å². The number of oxazole rings is 1. The molecule has 0 aliphatic carbocycles. The Morgan fingerprint density at radius 2 is 2.36 bits per heavy atom. The van der Waals surface area contributed by atoms with Gasteiger partial charge in [0.15, 0.2) is 11.4 Å². The molecule has 0 amide bonds. The molecule has 0 N–H and O–H groups in total. The first-order chi connectivity index (χ1) is 6.72. The lowest BCUT2D eigenvalue weighted by Crippen LogP contribution is -2.00. The molecule has 0 bridgehead atoms. The summed E-state index contributed by atoms with van der Waals surface area (Å²) in [5.74, 6) is 0.0142. The highest BCUT2D eigenvalue weighted by molar-refractivity contribution is 14.1. The second kappa shape index (κ2) is 3.98. The lowest BCUT2D eigenvalue weighted by molar-refractivity contribution is 0.102. The highest BCUT2D eigenvalue weighted by atomic mass is 127. The van der Waals surface area contributed by atoms with Crippen molar-refractivity contribution in [1.29, 1.82) is 0 Å². The molecular formula is C9H5BrINO2.